The number of rotatable bonds is 4. The zero-order chi connectivity index (χ0) is 11.5. The molecule has 2 unspecified atom stereocenters. The maximum Gasteiger partial charge on any atom is 0.140 e. The lowest BCUT2D eigenvalue weighted by molar-refractivity contribution is -0.122. The standard InChI is InChI=1S/C13H20N2O/c1-3-15-9-11(8-14-15)7-13(16)12-5-4-10(2)6-12/h8-10,12H,3-7H2,1-2H3. The summed E-state index contributed by atoms with van der Waals surface area (Å²) in [5, 5.41) is 4.19. The molecular weight excluding hydrogens is 200 g/mol. The SMILES string of the molecule is CCn1cc(CC(=O)C2CCC(C)C2)cn1. The van der Waals surface area contributed by atoms with Crippen molar-refractivity contribution in [1.29, 1.82) is 0 Å². The quantitative estimate of drug-likeness (QED) is 0.781. The topological polar surface area (TPSA) is 34.9 Å². The number of aromatic nitrogens is 2. The van der Waals surface area contributed by atoms with Gasteiger partial charge in [0.1, 0.15) is 5.78 Å². The molecule has 88 valence electrons. The molecule has 0 radical (unpaired) electrons. The number of aryl methyl sites for hydroxylation is 1. The summed E-state index contributed by atoms with van der Waals surface area (Å²) in [6.45, 7) is 5.16. The minimum Gasteiger partial charge on any atom is -0.299 e. The van der Waals surface area contributed by atoms with Gasteiger partial charge in [0.2, 0.25) is 0 Å². The molecule has 3 nitrogen and oxygen atoms in total. The van der Waals surface area contributed by atoms with E-state index in [1.807, 2.05) is 17.1 Å². The summed E-state index contributed by atoms with van der Waals surface area (Å²) >= 11 is 0. The Kier molecular flexibility index (Phi) is 3.42. The first kappa shape index (κ1) is 11.4. The van der Waals surface area contributed by atoms with Crippen molar-refractivity contribution in [1.82, 2.24) is 9.78 Å². The van der Waals surface area contributed by atoms with Gasteiger partial charge in [0.25, 0.3) is 0 Å². The Hall–Kier alpha value is -1.12. The van der Waals surface area contributed by atoms with Crippen molar-refractivity contribution in [2.75, 3.05) is 0 Å². The van der Waals surface area contributed by atoms with Crippen molar-refractivity contribution >= 4 is 5.78 Å². The molecule has 1 aliphatic carbocycles. The van der Waals surface area contributed by atoms with Crippen LogP contribution in [0.4, 0.5) is 0 Å². The highest BCUT2D eigenvalue weighted by molar-refractivity contribution is 5.83. The van der Waals surface area contributed by atoms with Crippen LogP contribution in [-0.2, 0) is 17.8 Å². The first-order valence-electron chi connectivity index (χ1n) is 6.23. The predicted octanol–water partition coefficient (Wildman–Crippen LogP) is 2.45. The lowest BCUT2D eigenvalue weighted by atomic mass is 9.97. The molecule has 0 aromatic carbocycles. The molecule has 1 aromatic heterocycles. The largest absolute Gasteiger partial charge is 0.299 e. The molecule has 2 rings (SSSR count). The molecule has 3 heteroatoms. The van der Waals surface area contributed by atoms with E-state index in [4.69, 9.17) is 0 Å². The maximum atomic E-state index is 12.0. The average Bonchev–Trinajstić information content (AvgIpc) is 2.87. The van der Waals surface area contributed by atoms with Crippen molar-refractivity contribution in [3.8, 4) is 0 Å². The second kappa shape index (κ2) is 4.81. The van der Waals surface area contributed by atoms with Gasteiger partial charge in [-0.15, -0.1) is 0 Å². The van der Waals surface area contributed by atoms with Gasteiger partial charge in [0.15, 0.2) is 0 Å². The fourth-order valence-electron chi connectivity index (χ4n) is 2.52. The van der Waals surface area contributed by atoms with Gasteiger partial charge in [-0.2, -0.15) is 5.10 Å². The normalized spacial score (nSPS) is 24.9. The van der Waals surface area contributed by atoms with Gasteiger partial charge in [-0.3, -0.25) is 9.48 Å². The summed E-state index contributed by atoms with van der Waals surface area (Å²) in [7, 11) is 0. The third-order valence-electron chi connectivity index (χ3n) is 3.54. The van der Waals surface area contributed by atoms with Crippen LogP contribution in [0.3, 0.4) is 0 Å². The highest BCUT2D eigenvalue weighted by Crippen LogP contribution is 2.31. The van der Waals surface area contributed by atoms with Gasteiger partial charge in [-0.25, -0.2) is 0 Å². The van der Waals surface area contributed by atoms with E-state index < -0.39 is 0 Å². The Labute approximate surface area is 96.8 Å². The Morgan fingerprint density at radius 3 is 2.94 bits per heavy atom. The molecule has 0 N–H and O–H groups in total. The van der Waals surface area contributed by atoms with Crippen LogP contribution in [0.2, 0.25) is 0 Å². The van der Waals surface area contributed by atoms with Crippen molar-refractivity contribution < 1.29 is 4.79 Å². The number of carbonyl (C=O) groups excluding carboxylic acids is 1. The van der Waals surface area contributed by atoms with Crippen LogP contribution in [0, 0.1) is 11.8 Å². The second-order valence-corrected chi connectivity index (χ2v) is 4.96. The minimum absolute atomic E-state index is 0.306. The highest BCUT2D eigenvalue weighted by atomic mass is 16.1. The van der Waals surface area contributed by atoms with E-state index in [0.29, 0.717) is 18.1 Å². The van der Waals surface area contributed by atoms with Crippen LogP contribution in [0.1, 0.15) is 38.7 Å². The molecule has 1 aliphatic rings. The van der Waals surface area contributed by atoms with E-state index in [0.717, 1.165) is 30.9 Å². The molecule has 0 aliphatic heterocycles. The third-order valence-corrected chi connectivity index (χ3v) is 3.54. The Balaban J connectivity index is 1.91. The van der Waals surface area contributed by atoms with Crippen molar-refractivity contribution in [2.45, 2.75) is 46.1 Å². The summed E-state index contributed by atoms with van der Waals surface area (Å²) in [5.41, 5.74) is 1.06. The summed E-state index contributed by atoms with van der Waals surface area (Å²) < 4.78 is 1.87. The van der Waals surface area contributed by atoms with E-state index in [9.17, 15) is 4.79 Å². The van der Waals surface area contributed by atoms with Gasteiger partial charge < -0.3 is 0 Å². The maximum absolute atomic E-state index is 12.0. The van der Waals surface area contributed by atoms with Crippen LogP contribution < -0.4 is 0 Å². The summed E-state index contributed by atoms with van der Waals surface area (Å²) in [6, 6.07) is 0. The summed E-state index contributed by atoms with van der Waals surface area (Å²) in [5.74, 6) is 1.44. The molecule has 1 saturated carbocycles. The Bertz CT molecular complexity index is 370. The molecule has 1 fully saturated rings. The number of nitrogens with zero attached hydrogens (tertiary/aromatic N) is 2. The lowest BCUT2D eigenvalue weighted by Gasteiger charge is -2.06. The fraction of sp³-hybridized carbons (Fsp3) is 0.692. The zero-order valence-electron chi connectivity index (χ0n) is 10.1. The van der Waals surface area contributed by atoms with Gasteiger partial charge in [0, 0.05) is 25.1 Å². The van der Waals surface area contributed by atoms with Crippen molar-refractivity contribution in [3.05, 3.63) is 18.0 Å². The van der Waals surface area contributed by atoms with Crippen LogP contribution in [0.5, 0.6) is 0 Å². The zero-order valence-corrected chi connectivity index (χ0v) is 10.1. The number of Topliss-reactive ketones (excluding diaryl/α,β-unsaturated/α-hetero) is 1. The van der Waals surface area contributed by atoms with Gasteiger partial charge in [0.05, 0.1) is 6.20 Å². The lowest BCUT2D eigenvalue weighted by Crippen LogP contribution is -2.13. The molecule has 1 heterocycles. The van der Waals surface area contributed by atoms with Crippen LogP contribution in [-0.4, -0.2) is 15.6 Å². The Morgan fingerprint density at radius 1 is 1.56 bits per heavy atom. The van der Waals surface area contributed by atoms with E-state index in [-0.39, 0.29) is 0 Å². The number of ketones is 1. The smallest absolute Gasteiger partial charge is 0.140 e. The van der Waals surface area contributed by atoms with E-state index in [1.54, 1.807) is 0 Å². The molecule has 0 bridgehead atoms. The van der Waals surface area contributed by atoms with Gasteiger partial charge >= 0.3 is 0 Å². The second-order valence-electron chi connectivity index (χ2n) is 4.96. The summed E-state index contributed by atoms with van der Waals surface area (Å²) in [4.78, 5) is 12.0. The van der Waals surface area contributed by atoms with E-state index in [1.165, 1.54) is 6.42 Å². The highest BCUT2D eigenvalue weighted by Gasteiger charge is 2.27. The molecular formula is C13H20N2O. The van der Waals surface area contributed by atoms with Gasteiger partial charge in [-0.1, -0.05) is 6.92 Å². The van der Waals surface area contributed by atoms with E-state index in [2.05, 4.69) is 18.9 Å². The average molecular weight is 220 g/mol. The molecule has 0 saturated heterocycles. The third kappa shape index (κ3) is 2.52. The number of hydrogen-bond acceptors (Lipinski definition) is 2. The van der Waals surface area contributed by atoms with Crippen molar-refractivity contribution in [3.63, 3.8) is 0 Å². The Morgan fingerprint density at radius 2 is 2.38 bits per heavy atom. The van der Waals surface area contributed by atoms with Crippen LogP contribution >= 0.6 is 0 Å². The number of carbonyl (C=O) groups is 1. The van der Waals surface area contributed by atoms with Crippen LogP contribution in [0.15, 0.2) is 12.4 Å². The monoisotopic (exact) mass is 220 g/mol. The molecule has 0 amide bonds. The summed E-state index contributed by atoms with van der Waals surface area (Å²) in [6.07, 6.45) is 7.75. The fourth-order valence-corrected chi connectivity index (χ4v) is 2.52. The first-order chi connectivity index (χ1) is 7.69. The molecule has 16 heavy (non-hydrogen) atoms. The minimum atomic E-state index is 0.306. The van der Waals surface area contributed by atoms with Crippen molar-refractivity contribution in [2.24, 2.45) is 11.8 Å². The molecule has 2 atom stereocenters. The van der Waals surface area contributed by atoms with Gasteiger partial charge in [-0.05, 0) is 37.7 Å². The first-order valence-corrected chi connectivity index (χ1v) is 6.23. The predicted molar refractivity (Wildman–Crippen MR) is 63.1 cm³/mol. The number of hydrogen-bond donors (Lipinski definition) is 0. The van der Waals surface area contributed by atoms with Crippen LogP contribution in [0.25, 0.3) is 0 Å². The van der Waals surface area contributed by atoms with E-state index >= 15 is 0 Å². The molecule has 0 spiro atoms. The molecule has 1 aromatic rings.